The van der Waals surface area contributed by atoms with Crippen molar-refractivity contribution >= 4 is 11.8 Å². The van der Waals surface area contributed by atoms with E-state index in [-0.39, 0.29) is 17.9 Å². The largest absolute Gasteiger partial charge is 0.395 e. The number of hydrogen-bond acceptors (Lipinski definition) is 3. The Morgan fingerprint density at radius 2 is 2.12 bits per heavy atom. The van der Waals surface area contributed by atoms with Gasteiger partial charge in [0, 0.05) is 29.5 Å². The molecule has 0 heterocycles. The Labute approximate surface area is 104 Å². The second kappa shape index (κ2) is 6.93. The van der Waals surface area contributed by atoms with Crippen molar-refractivity contribution in [1.29, 1.82) is 0 Å². The minimum atomic E-state index is -0.573. The van der Waals surface area contributed by atoms with Crippen LogP contribution in [0, 0.1) is 11.6 Å². The molecule has 96 valence electrons. The molecule has 5 heteroatoms. The SMILES string of the molecule is CSC(CO)C(C)NCc1ccc(F)cc1F. The maximum absolute atomic E-state index is 13.3. The fourth-order valence-corrected chi connectivity index (χ4v) is 2.16. The van der Waals surface area contributed by atoms with E-state index in [0.717, 1.165) is 6.07 Å². The van der Waals surface area contributed by atoms with Crippen LogP contribution in [0.1, 0.15) is 12.5 Å². The third-order valence-corrected chi connectivity index (χ3v) is 3.83. The Hall–Kier alpha value is -0.650. The summed E-state index contributed by atoms with van der Waals surface area (Å²) in [5, 5.41) is 12.3. The summed E-state index contributed by atoms with van der Waals surface area (Å²) >= 11 is 1.55. The third kappa shape index (κ3) is 4.26. The molecule has 0 aromatic heterocycles. The van der Waals surface area contributed by atoms with Crippen LogP contribution in [0.3, 0.4) is 0 Å². The number of aliphatic hydroxyl groups is 1. The van der Waals surface area contributed by atoms with Gasteiger partial charge in [0.15, 0.2) is 0 Å². The highest BCUT2D eigenvalue weighted by molar-refractivity contribution is 7.99. The summed E-state index contributed by atoms with van der Waals surface area (Å²) in [6.45, 7) is 2.32. The molecule has 0 aliphatic carbocycles. The minimum absolute atomic E-state index is 0.0550. The number of aliphatic hydroxyl groups excluding tert-OH is 1. The summed E-state index contributed by atoms with van der Waals surface area (Å²) in [5.41, 5.74) is 0.427. The van der Waals surface area contributed by atoms with Crippen molar-refractivity contribution in [2.45, 2.75) is 24.8 Å². The predicted octanol–water partition coefficient (Wildman–Crippen LogP) is 2.17. The van der Waals surface area contributed by atoms with Gasteiger partial charge in [0.25, 0.3) is 0 Å². The van der Waals surface area contributed by atoms with E-state index in [2.05, 4.69) is 5.32 Å². The first-order valence-electron chi connectivity index (χ1n) is 5.39. The smallest absolute Gasteiger partial charge is 0.130 e. The van der Waals surface area contributed by atoms with Gasteiger partial charge in [-0.15, -0.1) is 0 Å². The van der Waals surface area contributed by atoms with Crippen molar-refractivity contribution in [3.63, 3.8) is 0 Å². The van der Waals surface area contributed by atoms with Crippen molar-refractivity contribution in [3.8, 4) is 0 Å². The van der Waals surface area contributed by atoms with E-state index in [1.54, 1.807) is 11.8 Å². The summed E-state index contributed by atoms with van der Waals surface area (Å²) < 4.78 is 26.0. The molecule has 0 radical (unpaired) electrons. The molecule has 0 aliphatic heterocycles. The van der Waals surface area contributed by atoms with Crippen LogP contribution in [0.4, 0.5) is 8.78 Å². The number of benzene rings is 1. The molecule has 0 saturated heterocycles. The summed E-state index contributed by atoms with van der Waals surface area (Å²) in [4.78, 5) is 0. The monoisotopic (exact) mass is 261 g/mol. The minimum Gasteiger partial charge on any atom is -0.395 e. The van der Waals surface area contributed by atoms with Crippen LogP contribution in [0.25, 0.3) is 0 Å². The Morgan fingerprint density at radius 3 is 2.65 bits per heavy atom. The van der Waals surface area contributed by atoms with Gasteiger partial charge in [0.1, 0.15) is 11.6 Å². The first-order chi connectivity index (χ1) is 8.08. The normalized spacial score (nSPS) is 14.6. The van der Waals surface area contributed by atoms with Gasteiger partial charge >= 0.3 is 0 Å². The molecule has 0 amide bonds. The van der Waals surface area contributed by atoms with E-state index in [1.165, 1.54) is 12.1 Å². The topological polar surface area (TPSA) is 32.3 Å². The first kappa shape index (κ1) is 14.4. The van der Waals surface area contributed by atoms with Crippen LogP contribution in [-0.2, 0) is 6.54 Å². The molecular weight excluding hydrogens is 244 g/mol. The molecule has 0 spiro atoms. The van der Waals surface area contributed by atoms with Gasteiger partial charge in [-0.25, -0.2) is 8.78 Å². The number of rotatable bonds is 6. The summed E-state index contributed by atoms with van der Waals surface area (Å²) in [6.07, 6.45) is 1.91. The van der Waals surface area contributed by atoms with Crippen molar-refractivity contribution in [1.82, 2.24) is 5.32 Å². The van der Waals surface area contributed by atoms with Gasteiger partial charge in [0.2, 0.25) is 0 Å². The summed E-state index contributed by atoms with van der Waals surface area (Å²) in [6, 6.07) is 3.60. The predicted molar refractivity (Wildman–Crippen MR) is 67.0 cm³/mol. The summed E-state index contributed by atoms with van der Waals surface area (Å²) in [7, 11) is 0. The zero-order valence-electron chi connectivity index (χ0n) is 9.91. The van der Waals surface area contributed by atoms with Crippen molar-refractivity contribution in [3.05, 3.63) is 35.4 Å². The fourth-order valence-electron chi connectivity index (χ4n) is 1.50. The van der Waals surface area contributed by atoms with Crippen molar-refractivity contribution < 1.29 is 13.9 Å². The maximum Gasteiger partial charge on any atom is 0.130 e. The van der Waals surface area contributed by atoms with E-state index >= 15 is 0 Å². The zero-order chi connectivity index (χ0) is 12.8. The Kier molecular flexibility index (Phi) is 5.88. The van der Waals surface area contributed by atoms with E-state index in [0.29, 0.717) is 12.1 Å². The van der Waals surface area contributed by atoms with Crippen LogP contribution in [0.2, 0.25) is 0 Å². The summed E-state index contributed by atoms with van der Waals surface area (Å²) in [5.74, 6) is -1.12. The van der Waals surface area contributed by atoms with Gasteiger partial charge in [-0.3, -0.25) is 0 Å². The number of nitrogens with one attached hydrogen (secondary N) is 1. The molecule has 0 saturated carbocycles. The van der Waals surface area contributed by atoms with Crippen molar-refractivity contribution in [2.75, 3.05) is 12.9 Å². The van der Waals surface area contributed by atoms with E-state index in [1.807, 2.05) is 13.2 Å². The lowest BCUT2D eigenvalue weighted by Crippen LogP contribution is -2.37. The Bertz CT molecular complexity index is 358. The molecule has 1 aromatic carbocycles. The molecular formula is C12H17F2NOS. The molecule has 0 aliphatic rings. The number of thioether (sulfide) groups is 1. The van der Waals surface area contributed by atoms with Gasteiger partial charge in [-0.2, -0.15) is 11.8 Å². The molecule has 0 bridgehead atoms. The van der Waals surface area contributed by atoms with Gasteiger partial charge in [0.05, 0.1) is 6.61 Å². The second-order valence-corrected chi connectivity index (χ2v) is 4.94. The van der Waals surface area contributed by atoms with Crippen LogP contribution < -0.4 is 5.32 Å². The maximum atomic E-state index is 13.3. The van der Waals surface area contributed by atoms with E-state index in [9.17, 15) is 8.78 Å². The van der Waals surface area contributed by atoms with Crippen LogP contribution in [-0.4, -0.2) is 29.3 Å². The number of hydrogen-bond donors (Lipinski definition) is 2. The average molecular weight is 261 g/mol. The zero-order valence-corrected chi connectivity index (χ0v) is 10.7. The molecule has 2 nitrogen and oxygen atoms in total. The molecule has 2 atom stereocenters. The molecule has 1 aromatic rings. The number of halogens is 2. The quantitative estimate of drug-likeness (QED) is 0.823. The average Bonchev–Trinajstić information content (AvgIpc) is 2.29. The highest BCUT2D eigenvalue weighted by Crippen LogP contribution is 2.13. The standard InChI is InChI=1S/C12H17F2NOS/c1-8(12(7-16)17-2)15-6-9-3-4-10(13)5-11(9)14/h3-5,8,12,15-16H,6-7H2,1-2H3. The lowest BCUT2D eigenvalue weighted by molar-refractivity contribution is 0.275. The highest BCUT2D eigenvalue weighted by Gasteiger charge is 2.15. The molecule has 0 fully saturated rings. The molecule has 2 unspecified atom stereocenters. The van der Waals surface area contributed by atoms with Crippen LogP contribution in [0.15, 0.2) is 18.2 Å². The van der Waals surface area contributed by atoms with E-state index in [4.69, 9.17) is 5.11 Å². The van der Waals surface area contributed by atoms with Gasteiger partial charge in [-0.1, -0.05) is 6.07 Å². The molecule has 1 rings (SSSR count). The lowest BCUT2D eigenvalue weighted by Gasteiger charge is -2.21. The fraction of sp³-hybridized carbons (Fsp3) is 0.500. The van der Waals surface area contributed by atoms with E-state index < -0.39 is 11.6 Å². The second-order valence-electron chi connectivity index (χ2n) is 3.86. The highest BCUT2D eigenvalue weighted by atomic mass is 32.2. The first-order valence-corrected chi connectivity index (χ1v) is 6.68. The van der Waals surface area contributed by atoms with Crippen molar-refractivity contribution in [2.24, 2.45) is 0 Å². The van der Waals surface area contributed by atoms with Gasteiger partial charge < -0.3 is 10.4 Å². The molecule has 17 heavy (non-hydrogen) atoms. The molecule has 2 N–H and O–H groups in total. The Morgan fingerprint density at radius 1 is 1.41 bits per heavy atom. The van der Waals surface area contributed by atoms with Gasteiger partial charge in [-0.05, 0) is 19.2 Å². The third-order valence-electron chi connectivity index (χ3n) is 2.67. The lowest BCUT2D eigenvalue weighted by atomic mass is 10.1. The Balaban J connectivity index is 2.55. The van der Waals surface area contributed by atoms with Crippen LogP contribution >= 0.6 is 11.8 Å². The van der Waals surface area contributed by atoms with Crippen LogP contribution in [0.5, 0.6) is 0 Å².